The van der Waals surface area contributed by atoms with Gasteiger partial charge >= 0.3 is 6.09 Å². The van der Waals surface area contributed by atoms with Gasteiger partial charge in [-0.25, -0.2) is 4.79 Å². The second-order valence-corrected chi connectivity index (χ2v) is 6.42. The van der Waals surface area contributed by atoms with E-state index in [4.69, 9.17) is 16.3 Å². The van der Waals surface area contributed by atoms with Crippen LogP contribution >= 0.6 is 11.6 Å². The topological polar surface area (TPSA) is 41.6 Å². The van der Waals surface area contributed by atoms with Gasteiger partial charge in [-0.3, -0.25) is 0 Å². The number of amides is 1. The lowest BCUT2D eigenvalue weighted by molar-refractivity contribution is 0.0195. The van der Waals surface area contributed by atoms with Crippen LogP contribution in [0.5, 0.6) is 0 Å². The molecule has 0 spiro atoms. The van der Waals surface area contributed by atoms with E-state index in [1.807, 2.05) is 45.0 Å². The van der Waals surface area contributed by atoms with E-state index in [2.05, 4.69) is 5.32 Å². The number of carbonyl (C=O) groups excluding carboxylic acids is 1. The van der Waals surface area contributed by atoms with E-state index in [1.165, 1.54) is 0 Å². The van der Waals surface area contributed by atoms with Gasteiger partial charge in [0, 0.05) is 24.7 Å². The van der Waals surface area contributed by atoms with Gasteiger partial charge in [-0.2, -0.15) is 0 Å². The monoisotopic (exact) mass is 296 g/mol. The third kappa shape index (κ3) is 4.12. The molecular formula is C15H21ClN2O2. The van der Waals surface area contributed by atoms with Crippen molar-refractivity contribution < 1.29 is 9.53 Å². The normalized spacial score (nSPS) is 19.8. The summed E-state index contributed by atoms with van der Waals surface area (Å²) in [6.07, 6.45) is -0.252. The van der Waals surface area contributed by atoms with Crippen molar-refractivity contribution in [2.24, 2.45) is 0 Å². The number of nitrogens with zero attached hydrogens (tertiary/aromatic N) is 1. The fourth-order valence-electron chi connectivity index (χ4n) is 2.16. The average Bonchev–Trinajstić information content (AvgIpc) is 2.38. The van der Waals surface area contributed by atoms with Gasteiger partial charge in [0.15, 0.2) is 0 Å². The third-order valence-electron chi connectivity index (χ3n) is 3.10. The molecule has 0 saturated carbocycles. The molecule has 1 heterocycles. The van der Waals surface area contributed by atoms with Crippen molar-refractivity contribution >= 4 is 17.7 Å². The fraction of sp³-hybridized carbons (Fsp3) is 0.533. The number of carbonyl (C=O) groups is 1. The lowest BCUT2D eigenvalue weighted by Crippen LogP contribution is -2.49. The van der Waals surface area contributed by atoms with E-state index in [-0.39, 0.29) is 12.1 Å². The molecule has 2 rings (SSSR count). The van der Waals surface area contributed by atoms with E-state index < -0.39 is 5.60 Å². The molecule has 1 amide bonds. The Morgan fingerprint density at radius 1 is 1.35 bits per heavy atom. The van der Waals surface area contributed by atoms with Crippen molar-refractivity contribution in [1.29, 1.82) is 0 Å². The van der Waals surface area contributed by atoms with E-state index in [0.717, 1.165) is 12.1 Å². The van der Waals surface area contributed by atoms with Crippen molar-refractivity contribution in [2.45, 2.75) is 32.4 Å². The van der Waals surface area contributed by atoms with E-state index in [1.54, 1.807) is 4.90 Å². The zero-order chi connectivity index (χ0) is 14.8. The minimum absolute atomic E-state index is 0.119. The fourth-order valence-corrected chi connectivity index (χ4v) is 2.29. The number of nitrogens with one attached hydrogen (secondary N) is 1. The van der Waals surface area contributed by atoms with Crippen LogP contribution in [-0.2, 0) is 4.74 Å². The maximum atomic E-state index is 12.1. The average molecular weight is 297 g/mol. The molecule has 1 aliphatic rings. The van der Waals surface area contributed by atoms with E-state index in [0.29, 0.717) is 18.1 Å². The molecule has 1 fully saturated rings. The molecule has 5 heteroatoms. The molecule has 1 aromatic rings. The summed E-state index contributed by atoms with van der Waals surface area (Å²) in [5.74, 6) is 0. The second kappa shape index (κ2) is 6.02. The maximum Gasteiger partial charge on any atom is 0.410 e. The number of hydrogen-bond acceptors (Lipinski definition) is 3. The van der Waals surface area contributed by atoms with Gasteiger partial charge in [0.2, 0.25) is 0 Å². The summed E-state index contributed by atoms with van der Waals surface area (Å²) in [7, 11) is 0. The van der Waals surface area contributed by atoms with Crippen LogP contribution in [-0.4, -0.2) is 36.2 Å². The lowest BCUT2D eigenvalue weighted by Gasteiger charge is -2.35. The van der Waals surface area contributed by atoms with Gasteiger partial charge in [0.1, 0.15) is 5.60 Å². The maximum absolute atomic E-state index is 12.1. The Bertz CT molecular complexity index is 468. The number of ether oxygens (including phenoxy) is 1. The summed E-state index contributed by atoms with van der Waals surface area (Å²) < 4.78 is 5.42. The highest BCUT2D eigenvalue weighted by Gasteiger charge is 2.27. The SMILES string of the molecule is CC(C)(C)OC(=O)N1CCN[C@@H](c2ccc(Cl)cc2)C1. The standard InChI is InChI=1S/C15H21ClN2O2/c1-15(2,3)20-14(19)18-9-8-17-13(10-18)11-4-6-12(16)7-5-11/h4-7,13,17H,8-10H2,1-3H3/t13-/m1/s1. The Balaban J connectivity index is 2.01. The van der Waals surface area contributed by atoms with Crippen LogP contribution in [0.1, 0.15) is 32.4 Å². The molecule has 0 unspecified atom stereocenters. The predicted molar refractivity (Wildman–Crippen MR) is 80.0 cm³/mol. The number of hydrogen-bond donors (Lipinski definition) is 1. The summed E-state index contributed by atoms with van der Waals surface area (Å²) in [4.78, 5) is 13.9. The Hall–Kier alpha value is -1.26. The second-order valence-electron chi connectivity index (χ2n) is 5.98. The molecule has 1 aliphatic heterocycles. The van der Waals surface area contributed by atoms with Crippen LogP contribution in [0.25, 0.3) is 0 Å². The van der Waals surface area contributed by atoms with Gasteiger partial charge in [-0.05, 0) is 38.5 Å². The number of piperazine rings is 1. The molecule has 0 aromatic heterocycles. The van der Waals surface area contributed by atoms with Crippen molar-refractivity contribution in [1.82, 2.24) is 10.2 Å². The summed E-state index contributed by atoms with van der Waals surface area (Å²) in [6, 6.07) is 7.82. The van der Waals surface area contributed by atoms with Crippen LogP contribution in [0.3, 0.4) is 0 Å². The van der Waals surface area contributed by atoms with Crippen LogP contribution < -0.4 is 5.32 Å². The summed E-state index contributed by atoms with van der Waals surface area (Å²) in [6.45, 7) is 7.67. The van der Waals surface area contributed by atoms with Crippen molar-refractivity contribution in [3.8, 4) is 0 Å². The van der Waals surface area contributed by atoms with Crippen LogP contribution in [0.15, 0.2) is 24.3 Å². The highest BCUT2D eigenvalue weighted by Crippen LogP contribution is 2.21. The Labute approximate surface area is 125 Å². The molecule has 1 N–H and O–H groups in total. The van der Waals surface area contributed by atoms with Crippen LogP contribution in [0.2, 0.25) is 5.02 Å². The van der Waals surface area contributed by atoms with Gasteiger partial charge in [0.25, 0.3) is 0 Å². The molecule has 0 radical (unpaired) electrons. The first-order chi connectivity index (χ1) is 9.35. The van der Waals surface area contributed by atoms with E-state index >= 15 is 0 Å². The third-order valence-corrected chi connectivity index (χ3v) is 3.35. The van der Waals surface area contributed by atoms with Gasteiger partial charge in [-0.1, -0.05) is 23.7 Å². The first kappa shape index (κ1) is 15.1. The van der Waals surface area contributed by atoms with Crippen molar-refractivity contribution in [3.63, 3.8) is 0 Å². The molecule has 1 saturated heterocycles. The quantitative estimate of drug-likeness (QED) is 0.865. The Kier molecular flexibility index (Phi) is 4.55. The summed E-state index contributed by atoms with van der Waals surface area (Å²) in [5, 5.41) is 4.13. The molecule has 1 aromatic carbocycles. The van der Waals surface area contributed by atoms with Gasteiger partial charge in [0.05, 0.1) is 6.04 Å². The zero-order valence-electron chi connectivity index (χ0n) is 12.1. The molecule has 0 bridgehead atoms. The molecule has 20 heavy (non-hydrogen) atoms. The van der Waals surface area contributed by atoms with E-state index in [9.17, 15) is 4.79 Å². The van der Waals surface area contributed by atoms with Crippen molar-refractivity contribution in [3.05, 3.63) is 34.9 Å². The molecule has 1 atom stereocenters. The highest BCUT2D eigenvalue weighted by molar-refractivity contribution is 6.30. The first-order valence-electron chi connectivity index (χ1n) is 6.82. The highest BCUT2D eigenvalue weighted by atomic mass is 35.5. The minimum atomic E-state index is -0.461. The lowest BCUT2D eigenvalue weighted by atomic mass is 10.0. The number of benzene rings is 1. The zero-order valence-corrected chi connectivity index (χ0v) is 12.9. The molecule has 4 nitrogen and oxygen atoms in total. The largest absolute Gasteiger partial charge is 0.444 e. The molecular weight excluding hydrogens is 276 g/mol. The smallest absolute Gasteiger partial charge is 0.410 e. The van der Waals surface area contributed by atoms with Crippen LogP contribution in [0.4, 0.5) is 4.79 Å². The van der Waals surface area contributed by atoms with Gasteiger partial charge in [-0.15, -0.1) is 0 Å². The Morgan fingerprint density at radius 2 is 2.00 bits per heavy atom. The number of rotatable bonds is 1. The molecule has 0 aliphatic carbocycles. The summed E-state index contributed by atoms with van der Waals surface area (Å²) >= 11 is 5.90. The predicted octanol–water partition coefficient (Wildman–Crippen LogP) is 3.22. The summed E-state index contributed by atoms with van der Waals surface area (Å²) in [5.41, 5.74) is 0.667. The minimum Gasteiger partial charge on any atom is -0.444 e. The first-order valence-corrected chi connectivity index (χ1v) is 7.20. The van der Waals surface area contributed by atoms with Gasteiger partial charge < -0.3 is 15.0 Å². The van der Waals surface area contributed by atoms with Crippen molar-refractivity contribution in [2.75, 3.05) is 19.6 Å². The Morgan fingerprint density at radius 3 is 2.60 bits per heavy atom. The number of halogens is 1. The molecule has 110 valence electrons. The van der Waals surface area contributed by atoms with Crippen LogP contribution in [0, 0.1) is 0 Å².